The number of rotatable bonds is 7. The van der Waals surface area contributed by atoms with E-state index in [9.17, 15) is 0 Å². The van der Waals surface area contributed by atoms with Gasteiger partial charge in [0.25, 0.3) is 0 Å². The van der Waals surface area contributed by atoms with Crippen molar-refractivity contribution < 1.29 is 0 Å². The maximum atomic E-state index is 3.76. The first-order valence-electron chi connectivity index (χ1n) is 5.52. The Hall–Kier alpha value is -1.30. The predicted molar refractivity (Wildman–Crippen MR) is 70.6 cm³/mol. The fraction of sp³-hybridized carbons (Fsp3) is 0.267. The number of unbranched alkanes of at least 4 members (excludes halogenated alkanes) is 1. The van der Waals surface area contributed by atoms with E-state index in [0.29, 0.717) is 0 Å². The molecule has 0 amide bonds. The maximum absolute atomic E-state index is 3.76. The van der Waals surface area contributed by atoms with Gasteiger partial charge in [-0.25, -0.2) is 0 Å². The summed E-state index contributed by atoms with van der Waals surface area (Å²) in [5.74, 6) is 0. The fourth-order valence-corrected chi connectivity index (χ4v) is 0.892. The molecule has 0 nitrogen and oxygen atoms in total. The molecule has 0 N–H and O–H groups in total. The molecule has 0 aliphatic carbocycles. The highest BCUT2D eigenvalue weighted by atomic mass is 13.8. The van der Waals surface area contributed by atoms with Gasteiger partial charge in [0.15, 0.2) is 0 Å². The van der Waals surface area contributed by atoms with E-state index in [-0.39, 0.29) is 0 Å². The Kier molecular flexibility index (Phi) is 11.6. The van der Waals surface area contributed by atoms with Crippen molar-refractivity contribution in [2.24, 2.45) is 0 Å². The number of hydrogen-bond acceptors (Lipinski definition) is 0. The van der Waals surface area contributed by atoms with Crippen LogP contribution in [0, 0.1) is 6.92 Å². The SMILES string of the molecule is [CH2]CCC=CC=CC=CC=CC=CCC. The molecule has 0 fully saturated rings. The van der Waals surface area contributed by atoms with Gasteiger partial charge in [-0.15, -0.1) is 0 Å². The van der Waals surface area contributed by atoms with Crippen LogP contribution in [0.5, 0.6) is 0 Å². The van der Waals surface area contributed by atoms with Gasteiger partial charge in [-0.1, -0.05) is 74.6 Å². The second-order valence-electron chi connectivity index (χ2n) is 3.06. The Labute approximate surface area is 94.4 Å². The molecule has 0 aromatic heterocycles. The Morgan fingerprint density at radius 2 is 1.20 bits per heavy atom. The Bertz CT molecular complexity index is 249. The summed E-state index contributed by atoms with van der Waals surface area (Å²) in [5.41, 5.74) is 0. The molecular weight excluding hydrogens is 180 g/mol. The molecule has 81 valence electrons. The molecule has 0 saturated heterocycles. The van der Waals surface area contributed by atoms with Crippen LogP contribution in [0.3, 0.4) is 0 Å². The lowest BCUT2D eigenvalue weighted by atomic mass is 10.3. The summed E-state index contributed by atoms with van der Waals surface area (Å²) >= 11 is 0. The minimum absolute atomic E-state index is 0.965. The molecule has 0 unspecified atom stereocenters. The molecule has 0 aromatic rings. The van der Waals surface area contributed by atoms with Crippen molar-refractivity contribution >= 4 is 0 Å². The summed E-state index contributed by atoms with van der Waals surface area (Å²) in [6, 6.07) is 0. The number of allylic oxidation sites excluding steroid dienone is 10. The summed E-state index contributed by atoms with van der Waals surface area (Å²) in [6.45, 7) is 5.89. The van der Waals surface area contributed by atoms with E-state index < -0.39 is 0 Å². The van der Waals surface area contributed by atoms with Gasteiger partial charge in [-0.05, 0) is 19.3 Å². The van der Waals surface area contributed by atoms with Gasteiger partial charge >= 0.3 is 0 Å². The molecule has 0 aliphatic heterocycles. The lowest BCUT2D eigenvalue weighted by molar-refractivity contribution is 1.05. The fourth-order valence-electron chi connectivity index (χ4n) is 0.892. The van der Waals surface area contributed by atoms with E-state index in [2.05, 4.69) is 38.2 Å². The summed E-state index contributed by atoms with van der Waals surface area (Å²) in [5, 5.41) is 0. The van der Waals surface area contributed by atoms with E-state index in [4.69, 9.17) is 0 Å². The molecule has 0 atom stereocenters. The molecule has 0 spiro atoms. The van der Waals surface area contributed by atoms with Crippen LogP contribution in [0.15, 0.2) is 60.8 Å². The van der Waals surface area contributed by atoms with Crippen LogP contribution in [0.2, 0.25) is 0 Å². The second kappa shape index (κ2) is 12.7. The molecule has 0 aromatic carbocycles. The van der Waals surface area contributed by atoms with Crippen LogP contribution in [-0.2, 0) is 0 Å². The van der Waals surface area contributed by atoms with Gasteiger partial charge in [0.1, 0.15) is 0 Å². The Morgan fingerprint density at radius 3 is 1.67 bits per heavy atom. The molecule has 1 radical (unpaired) electrons. The largest absolute Gasteiger partial charge is 0.0848 e. The molecule has 0 bridgehead atoms. The first kappa shape index (κ1) is 13.7. The third-order valence-electron chi connectivity index (χ3n) is 1.66. The van der Waals surface area contributed by atoms with Crippen LogP contribution >= 0.6 is 0 Å². The zero-order valence-electron chi connectivity index (χ0n) is 9.60. The highest BCUT2D eigenvalue weighted by Gasteiger charge is 1.68. The van der Waals surface area contributed by atoms with E-state index >= 15 is 0 Å². The van der Waals surface area contributed by atoms with Crippen molar-refractivity contribution in [3.8, 4) is 0 Å². The lowest BCUT2D eigenvalue weighted by Gasteiger charge is -1.79. The zero-order chi connectivity index (χ0) is 11.2. The van der Waals surface area contributed by atoms with Crippen LogP contribution in [0.25, 0.3) is 0 Å². The third kappa shape index (κ3) is 12.7. The van der Waals surface area contributed by atoms with Crippen molar-refractivity contribution in [2.75, 3.05) is 0 Å². The summed E-state index contributed by atoms with van der Waals surface area (Å²) in [4.78, 5) is 0. The predicted octanol–water partition coefficient (Wildman–Crippen LogP) is 4.79. The monoisotopic (exact) mass is 201 g/mol. The average Bonchev–Trinajstić information content (AvgIpc) is 2.26. The quantitative estimate of drug-likeness (QED) is 0.519. The van der Waals surface area contributed by atoms with Gasteiger partial charge in [-0.2, -0.15) is 0 Å². The number of hydrogen-bond donors (Lipinski definition) is 0. The van der Waals surface area contributed by atoms with E-state index in [1.165, 1.54) is 0 Å². The van der Waals surface area contributed by atoms with Crippen LogP contribution in [-0.4, -0.2) is 0 Å². The first-order valence-corrected chi connectivity index (χ1v) is 5.52. The standard InChI is InChI=1S/C15H21/c1-3-5-7-9-11-13-15-14-12-10-8-6-4-2/h6-15H,1,3-5H2,2H3. The van der Waals surface area contributed by atoms with Gasteiger partial charge < -0.3 is 0 Å². The molecular formula is C15H21. The highest BCUT2D eigenvalue weighted by Crippen LogP contribution is 1.89. The molecule has 0 rings (SSSR count). The second-order valence-corrected chi connectivity index (χ2v) is 3.06. The van der Waals surface area contributed by atoms with Gasteiger partial charge in [0, 0.05) is 0 Å². The Morgan fingerprint density at radius 1 is 0.733 bits per heavy atom. The molecule has 0 saturated carbocycles. The van der Waals surface area contributed by atoms with Gasteiger partial charge in [0.05, 0.1) is 0 Å². The van der Waals surface area contributed by atoms with Crippen LogP contribution < -0.4 is 0 Å². The minimum Gasteiger partial charge on any atom is -0.0848 e. The minimum atomic E-state index is 0.965. The normalized spacial score (nSPS) is 13.5. The third-order valence-corrected chi connectivity index (χ3v) is 1.66. The molecule has 0 aliphatic rings. The van der Waals surface area contributed by atoms with E-state index in [0.717, 1.165) is 19.3 Å². The van der Waals surface area contributed by atoms with Crippen molar-refractivity contribution in [3.05, 3.63) is 67.7 Å². The van der Waals surface area contributed by atoms with Crippen molar-refractivity contribution in [3.63, 3.8) is 0 Å². The molecule has 15 heavy (non-hydrogen) atoms. The first-order chi connectivity index (χ1) is 7.41. The van der Waals surface area contributed by atoms with Crippen molar-refractivity contribution in [1.82, 2.24) is 0 Å². The van der Waals surface area contributed by atoms with Crippen molar-refractivity contribution in [2.45, 2.75) is 26.2 Å². The lowest BCUT2D eigenvalue weighted by Crippen LogP contribution is -1.59. The molecule has 0 heteroatoms. The topological polar surface area (TPSA) is 0 Å². The summed E-state index contributed by atoms with van der Waals surface area (Å²) in [6.07, 6.45) is 23.6. The van der Waals surface area contributed by atoms with E-state index in [1.54, 1.807) is 0 Å². The van der Waals surface area contributed by atoms with Gasteiger partial charge in [-0.3, -0.25) is 0 Å². The van der Waals surface area contributed by atoms with E-state index in [1.807, 2.05) is 36.5 Å². The summed E-state index contributed by atoms with van der Waals surface area (Å²) < 4.78 is 0. The highest BCUT2D eigenvalue weighted by molar-refractivity contribution is 5.17. The molecule has 0 heterocycles. The Balaban J connectivity index is 3.61. The zero-order valence-corrected chi connectivity index (χ0v) is 9.60. The van der Waals surface area contributed by atoms with Crippen LogP contribution in [0.4, 0.5) is 0 Å². The van der Waals surface area contributed by atoms with Crippen LogP contribution in [0.1, 0.15) is 26.2 Å². The smallest absolute Gasteiger partial charge is 0.0348 e. The summed E-state index contributed by atoms with van der Waals surface area (Å²) in [7, 11) is 0. The van der Waals surface area contributed by atoms with Crippen molar-refractivity contribution in [1.29, 1.82) is 0 Å². The average molecular weight is 201 g/mol. The maximum Gasteiger partial charge on any atom is -0.0348 e. The van der Waals surface area contributed by atoms with Gasteiger partial charge in [0.2, 0.25) is 0 Å².